The molecular formula is C16H21N7O2. The number of rotatable bonds is 3. The average molecular weight is 343 g/mol. The minimum Gasteiger partial charge on any atom is -0.376 e. The fourth-order valence-corrected chi connectivity index (χ4v) is 2.66. The molecule has 1 amide bonds. The lowest BCUT2D eigenvalue weighted by Gasteiger charge is -2.35. The Morgan fingerprint density at radius 2 is 1.88 bits per heavy atom. The van der Waals surface area contributed by atoms with E-state index < -0.39 is 0 Å². The largest absolute Gasteiger partial charge is 0.376 e. The first kappa shape index (κ1) is 16.9. The number of hydrogen-bond acceptors (Lipinski definition) is 7. The van der Waals surface area contributed by atoms with E-state index in [0.717, 1.165) is 11.5 Å². The van der Waals surface area contributed by atoms with Gasteiger partial charge in [0.2, 0.25) is 0 Å². The molecule has 1 aliphatic heterocycles. The van der Waals surface area contributed by atoms with Gasteiger partial charge in [0.25, 0.3) is 11.5 Å². The van der Waals surface area contributed by atoms with Crippen molar-refractivity contribution in [2.45, 2.75) is 0 Å². The summed E-state index contributed by atoms with van der Waals surface area (Å²) in [6.07, 6.45) is 1.72. The zero-order valence-corrected chi connectivity index (χ0v) is 14.6. The lowest BCUT2D eigenvalue weighted by Crippen LogP contribution is -2.49. The van der Waals surface area contributed by atoms with Gasteiger partial charge in [-0.3, -0.25) is 9.59 Å². The summed E-state index contributed by atoms with van der Waals surface area (Å²) in [6.45, 7) is 2.47. The first-order chi connectivity index (χ1) is 12.0. The lowest BCUT2D eigenvalue weighted by molar-refractivity contribution is 0.0738. The van der Waals surface area contributed by atoms with Gasteiger partial charge in [0, 0.05) is 59.5 Å². The highest BCUT2D eigenvalue weighted by atomic mass is 16.2. The average Bonchev–Trinajstić information content (AvgIpc) is 2.63. The summed E-state index contributed by atoms with van der Waals surface area (Å²) in [6, 6.07) is 4.82. The second-order valence-corrected chi connectivity index (χ2v) is 6.13. The standard InChI is InChI=1S/C16H21N7O2/c1-20(2)12-10-14(18-17-11-12)22-6-8-23(9-7-22)16(25)13-4-5-15(24)21(3)19-13/h4-5,10-11H,6-9H2,1-3H3. The molecule has 0 unspecified atom stereocenters. The van der Waals surface area contributed by atoms with Crippen LogP contribution in [-0.2, 0) is 7.05 Å². The Labute approximate surface area is 145 Å². The molecule has 132 valence electrons. The van der Waals surface area contributed by atoms with Crippen LogP contribution in [0.1, 0.15) is 10.5 Å². The molecule has 0 aromatic carbocycles. The van der Waals surface area contributed by atoms with Crippen LogP contribution in [0.15, 0.2) is 29.2 Å². The number of carbonyl (C=O) groups excluding carboxylic acids is 1. The van der Waals surface area contributed by atoms with Crippen LogP contribution in [-0.4, -0.2) is 71.1 Å². The number of piperazine rings is 1. The SMILES string of the molecule is CN(C)c1cnnc(N2CCN(C(=O)c3ccc(=O)n(C)n3)CC2)c1. The van der Waals surface area contributed by atoms with Gasteiger partial charge in [0.15, 0.2) is 5.82 Å². The molecule has 2 aromatic rings. The summed E-state index contributed by atoms with van der Waals surface area (Å²) in [7, 11) is 5.45. The van der Waals surface area contributed by atoms with E-state index >= 15 is 0 Å². The Morgan fingerprint density at radius 3 is 2.52 bits per heavy atom. The van der Waals surface area contributed by atoms with Gasteiger partial charge in [-0.25, -0.2) is 4.68 Å². The number of aromatic nitrogens is 4. The van der Waals surface area contributed by atoms with Crippen LogP contribution < -0.4 is 15.4 Å². The van der Waals surface area contributed by atoms with Crippen molar-refractivity contribution in [2.24, 2.45) is 7.05 Å². The van der Waals surface area contributed by atoms with Crippen molar-refractivity contribution in [3.8, 4) is 0 Å². The van der Waals surface area contributed by atoms with E-state index in [-0.39, 0.29) is 17.2 Å². The fraction of sp³-hybridized carbons (Fsp3) is 0.438. The van der Waals surface area contributed by atoms with Crippen molar-refractivity contribution in [1.29, 1.82) is 0 Å². The van der Waals surface area contributed by atoms with E-state index in [1.807, 2.05) is 25.1 Å². The van der Waals surface area contributed by atoms with Crippen molar-refractivity contribution in [3.63, 3.8) is 0 Å². The van der Waals surface area contributed by atoms with E-state index in [1.165, 1.54) is 23.9 Å². The molecule has 0 spiro atoms. The molecule has 0 radical (unpaired) electrons. The predicted octanol–water partition coefficient (Wildman–Crippen LogP) is -0.401. The van der Waals surface area contributed by atoms with Crippen LogP contribution in [0.4, 0.5) is 11.5 Å². The first-order valence-electron chi connectivity index (χ1n) is 8.04. The van der Waals surface area contributed by atoms with Crippen LogP contribution in [0.3, 0.4) is 0 Å². The Hall–Kier alpha value is -2.97. The molecule has 1 fully saturated rings. The predicted molar refractivity (Wildman–Crippen MR) is 94.0 cm³/mol. The van der Waals surface area contributed by atoms with Gasteiger partial charge in [-0.15, -0.1) is 5.10 Å². The maximum Gasteiger partial charge on any atom is 0.274 e. The summed E-state index contributed by atoms with van der Waals surface area (Å²) >= 11 is 0. The van der Waals surface area contributed by atoms with Gasteiger partial charge in [-0.1, -0.05) is 0 Å². The molecule has 2 aromatic heterocycles. The highest BCUT2D eigenvalue weighted by Gasteiger charge is 2.24. The highest BCUT2D eigenvalue weighted by molar-refractivity contribution is 5.92. The Kier molecular flexibility index (Phi) is 4.64. The number of nitrogens with zero attached hydrogens (tertiary/aromatic N) is 7. The van der Waals surface area contributed by atoms with Crippen molar-refractivity contribution in [2.75, 3.05) is 50.1 Å². The first-order valence-corrected chi connectivity index (χ1v) is 8.04. The summed E-state index contributed by atoms with van der Waals surface area (Å²) < 4.78 is 1.17. The maximum atomic E-state index is 12.5. The van der Waals surface area contributed by atoms with Crippen molar-refractivity contribution in [3.05, 3.63) is 40.4 Å². The second kappa shape index (κ2) is 6.88. The summed E-state index contributed by atoms with van der Waals surface area (Å²) in [5, 5.41) is 12.3. The van der Waals surface area contributed by atoms with Crippen molar-refractivity contribution in [1.82, 2.24) is 24.9 Å². The lowest BCUT2D eigenvalue weighted by atomic mass is 10.2. The number of amides is 1. The molecule has 0 bridgehead atoms. The van der Waals surface area contributed by atoms with Gasteiger partial charge in [-0.2, -0.15) is 10.2 Å². The molecule has 25 heavy (non-hydrogen) atoms. The number of carbonyl (C=O) groups is 1. The highest BCUT2D eigenvalue weighted by Crippen LogP contribution is 2.18. The molecule has 0 N–H and O–H groups in total. The Bertz CT molecular complexity index is 825. The smallest absolute Gasteiger partial charge is 0.274 e. The van der Waals surface area contributed by atoms with Gasteiger partial charge in [0.1, 0.15) is 5.69 Å². The minimum atomic E-state index is -0.235. The van der Waals surface area contributed by atoms with Gasteiger partial charge in [0.05, 0.1) is 11.9 Å². The quantitative estimate of drug-likeness (QED) is 0.749. The molecule has 3 rings (SSSR count). The normalized spacial score (nSPS) is 14.5. The Morgan fingerprint density at radius 1 is 1.16 bits per heavy atom. The summed E-state index contributed by atoms with van der Waals surface area (Å²) in [4.78, 5) is 29.8. The molecule has 3 heterocycles. The van der Waals surface area contributed by atoms with E-state index in [2.05, 4.69) is 20.2 Å². The topological polar surface area (TPSA) is 87.5 Å². The van der Waals surface area contributed by atoms with Crippen LogP contribution in [0, 0.1) is 0 Å². The Balaban J connectivity index is 1.67. The van der Waals surface area contributed by atoms with Gasteiger partial charge in [-0.05, 0) is 6.07 Å². The molecule has 0 atom stereocenters. The molecule has 9 heteroatoms. The minimum absolute atomic E-state index is 0.164. The maximum absolute atomic E-state index is 12.5. The van der Waals surface area contributed by atoms with Crippen LogP contribution in [0.2, 0.25) is 0 Å². The van der Waals surface area contributed by atoms with E-state index in [0.29, 0.717) is 26.2 Å². The van der Waals surface area contributed by atoms with E-state index in [9.17, 15) is 9.59 Å². The van der Waals surface area contributed by atoms with Crippen LogP contribution in [0.25, 0.3) is 0 Å². The van der Waals surface area contributed by atoms with Crippen LogP contribution in [0.5, 0.6) is 0 Å². The molecule has 9 nitrogen and oxygen atoms in total. The molecule has 0 saturated carbocycles. The number of aryl methyl sites for hydroxylation is 1. The number of anilines is 2. The third kappa shape index (κ3) is 3.59. The monoisotopic (exact) mass is 343 g/mol. The van der Waals surface area contributed by atoms with Gasteiger partial charge < -0.3 is 14.7 Å². The zero-order chi connectivity index (χ0) is 18.0. The third-order valence-corrected chi connectivity index (χ3v) is 4.21. The molecular weight excluding hydrogens is 322 g/mol. The second-order valence-electron chi connectivity index (χ2n) is 6.13. The summed E-state index contributed by atoms with van der Waals surface area (Å²) in [5.41, 5.74) is 1.03. The van der Waals surface area contributed by atoms with E-state index in [4.69, 9.17) is 0 Å². The van der Waals surface area contributed by atoms with E-state index in [1.54, 1.807) is 11.1 Å². The van der Waals surface area contributed by atoms with Crippen molar-refractivity contribution >= 4 is 17.4 Å². The molecule has 0 aliphatic carbocycles. The van der Waals surface area contributed by atoms with Crippen LogP contribution >= 0.6 is 0 Å². The third-order valence-electron chi connectivity index (χ3n) is 4.21. The summed E-state index contributed by atoms with van der Waals surface area (Å²) in [5.74, 6) is 0.641. The molecule has 1 saturated heterocycles. The fourth-order valence-electron chi connectivity index (χ4n) is 2.66. The van der Waals surface area contributed by atoms with Crippen molar-refractivity contribution < 1.29 is 4.79 Å². The number of hydrogen-bond donors (Lipinski definition) is 0. The van der Waals surface area contributed by atoms with Gasteiger partial charge >= 0.3 is 0 Å². The zero-order valence-electron chi connectivity index (χ0n) is 14.6. The molecule has 1 aliphatic rings.